The van der Waals surface area contributed by atoms with Gasteiger partial charge in [0.25, 0.3) is 0 Å². The molecule has 0 fully saturated rings. The van der Waals surface area contributed by atoms with Crippen LogP contribution in [0, 0.1) is 0 Å². The maximum Gasteiger partial charge on any atom is 0.107 e. The second-order valence-electron chi connectivity index (χ2n) is 3.10. The van der Waals surface area contributed by atoms with Gasteiger partial charge < -0.3 is 4.74 Å². The van der Waals surface area contributed by atoms with E-state index in [0.29, 0.717) is 6.61 Å². The number of benzene rings is 1. The third-order valence-corrected chi connectivity index (χ3v) is 2.13. The minimum atomic E-state index is 0.0474. The molecule has 0 saturated heterocycles. The van der Waals surface area contributed by atoms with Crippen molar-refractivity contribution in [3.05, 3.63) is 60.2 Å². The van der Waals surface area contributed by atoms with Gasteiger partial charge in [0.1, 0.15) is 6.10 Å². The standard InChI is InChI=1S/C12H12O/c1-10-6-5-9-13-12(10)11-7-3-2-4-8-11/h2-8,12H,1,9H2. The van der Waals surface area contributed by atoms with Gasteiger partial charge in [-0.2, -0.15) is 0 Å². The van der Waals surface area contributed by atoms with Crippen molar-refractivity contribution < 1.29 is 4.74 Å². The molecule has 1 aliphatic heterocycles. The largest absolute Gasteiger partial charge is 0.365 e. The molecule has 0 spiro atoms. The zero-order chi connectivity index (χ0) is 9.10. The highest BCUT2D eigenvalue weighted by Crippen LogP contribution is 2.27. The molecule has 1 heterocycles. The smallest absolute Gasteiger partial charge is 0.107 e. The van der Waals surface area contributed by atoms with Crippen LogP contribution < -0.4 is 0 Å². The quantitative estimate of drug-likeness (QED) is 0.633. The van der Waals surface area contributed by atoms with Gasteiger partial charge in [0, 0.05) is 0 Å². The van der Waals surface area contributed by atoms with Crippen molar-refractivity contribution >= 4 is 0 Å². The lowest BCUT2D eigenvalue weighted by Gasteiger charge is -2.21. The topological polar surface area (TPSA) is 9.23 Å². The summed E-state index contributed by atoms with van der Waals surface area (Å²) in [6.45, 7) is 4.64. The molecule has 0 aliphatic carbocycles. The highest BCUT2D eigenvalue weighted by Gasteiger charge is 2.15. The Morgan fingerprint density at radius 3 is 2.69 bits per heavy atom. The highest BCUT2D eigenvalue weighted by atomic mass is 16.5. The van der Waals surface area contributed by atoms with Crippen LogP contribution in [0.1, 0.15) is 11.7 Å². The summed E-state index contributed by atoms with van der Waals surface area (Å²) in [5.74, 6) is 0. The lowest BCUT2D eigenvalue weighted by atomic mass is 10.0. The molecule has 1 nitrogen and oxygen atoms in total. The van der Waals surface area contributed by atoms with E-state index in [0.717, 1.165) is 5.57 Å². The summed E-state index contributed by atoms with van der Waals surface area (Å²) in [6, 6.07) is 10.2. The molecule has 1 heteroatoms. The number of rotatable bonds is 1. The van der Waals surface area contributed by atoms with Crippen molar-refractivity contribution in [2.75, 3.05) is 6.61 Å². The van der Waals surface area contributed by atoms with Gasteiger partial charge in [-0.05, 0) is 11.1 Å². The Morgan fingerprint density at radius 2 is 2.00 bits per heavy atom. The molecule has 1 atom stereocenters. The SMILES string of the molecule is C=C1C=CCOC1c1ccccc1. The van der Waals surface area contributed by atoms with Crippen molar-refractivity contribution in [3.8, 4) is 0 Å². The highest BCUT2D eigenvalue weighted by molar-refractivity contribution is 5.32. The molecule has 1 unspecified atom stereocenters. The summed E-state index contributed by atoms with van der Waals surface area (Å²) in [5.41, 5.74) is 2.20. The zero-order valence-electron chi connectivity index (χ0n) is 7.44. The van der Waals surface area contributed by atoms with Crippen LogP contribution in [-0.4, -0.2) is 6.61 Å². The Bertz CT molecular complexity index is 324. The maximum absolute atomic E-state index is 5.59. The van der Waals surface area contributed by atoms with Crippen LogP contribution >= 0.6 is 0 Å². The first-order valence-corrected chi connectivity index (χ1v) is 4.40. The molecule has 0 aromatic heterocycles. The normalized spacial score (nSPS) is 21.8. The van der Waals surface area contributed by atoms with E-state index in [1.54, 1.807) is 0 Å². The number of hydrogen-bond donors (Lipinski definition) is 0. The molecular formula is C12H12O. The summed E-state index contributed by atoms with van der Waals surface area (Å²) in [7, 11) is 0. The second kappa shape index (κ2) is 3.58. The predicted molar refractivity (Wildman–Crippen MR) is 53.4 cm³/mol. The predicted octanol–water partition coefficient (Wildman–Crippen LogP) is 2.87. The molecule has 0 radical (unpaired) electrons. The Labute approximate surface area is 78.3 Å². The third-order valence-electron chi connectivity index (χ3n) is 2.13. The van der Waals surface area contributed by atoms with Gasteiger partial charge in [0.05, 0.1) is 6.61 Å². The van der Waals surface area contributed by atoms with Crippen LogP contribution in [0.2, 0.25) is 0 Å². The molecule has 0 amide bonds. The van der Waals surface area contributed by atoms with E-state index in [1.807, 2.05) is 30.4 Å². The Kier molecular flexibility index (Phi) is 2.28. The van der Waals surface area contributed by atoms with Crippen molar-refractivity contribution in [1.29, 1.82) is 0 Å². The minimum Gasteiger partial charge on any atom is -0.365 e. The molecule has 1 aromatic rings. The lowest BCUT2D eigenvalue weighted by Crippen LogP contribution is -2.09. The molecule has 66 valence electrons. The van der Waals surface area contributed by atoms with Crippen molar-refractivity contribution in [2.45, 2.75) is 6.10 Å². The van der Waals surface area contributed by atoms with E-state index in [9.17, 15) is 0 Å². The monoisotopic (exact) mass is 172 g/mol. The van der Waals surface area contributed by atoms with Crippen LogP contribution in [0.4, 0.5) is 0 Å². The average Bonchev–Trinajstić information content (AvgIpc) is 2.20. The van der Waals surface area contributed by atoms with Gasteiger partial charge in [-0.25, -0.2) is 0 Å². The maximum atomic E-state index is 5.59. The van der Waals surface area contributed by atoms with Crippen molar-refractivity contribution in [1.82, 2.24) is 0 Å². The van der Waals surface area contributed by atoms with E-state index in [4.69, 9.17) is 4.74 Å². The van der Waals surface area contributed by atoms with Gasteiger partial charge in [-0.1, -0.05) is 49.1 Å². The summed E-state index contributed by atoms with van der Waals surface area (Å²) < 4.78 is 5.59. The molecule has 0 bridgehead atoms. The van der Waals surface area contributed by atoms with Crippen LogP contribution in [0.5, 0.6) is 0 Å². The Morgan fingerprint density at radius 1 is 1.23 bits per heavy atom. The molecule has 0 saturated carbocycles. The average molecular weight is 172 g/mol. The van der Waals surface area contributed by atoms with Gasteiger partial charge >= 0.3 is 0 Å². The van der Waals surface area contributed by atoms with Gasteiger partial charge in [0.2, 0.25) is 0 Å². The summed E-state index contributed by atoms with van der Waals surface area (Å²) in [4.78, 5) is 0. The van der Waals surface area contributed by atoms with Gasteiger partial charge in [-0.3, -0.25) is 0 Å². The van der Waals surface area contributed by atoms with E-state index >= 15 is 0 Å². The first kappa shape index (κ1) is 8.27. The van der Waals surface area contributed by atoms with Gasteiger partial charge in [-0.15, -0.1) is 0 Å². The molecule has 1 aromatic carbocycles. The fourth-order valence-electron chi connectivity index (χ4n) is 1.48. The zero-order valence-corrected chi connectivity index (χ0v) is 7.44. The van der Waals surface area contributed by atoms with E-state index in [-0.39, 0.29) is 6.10 Å². The first-order valence-electron chi connectivity index (χ1n) is 4.40. The van der Waals surface area contributed by atoms with Crippen molar-refractivity contribution in [3.63, 3.8) is 0 Å². The van der Waals surface area contributed by atoms with Crippen LogP contribution in [0.3, 0.4) is 0 Å². The van der Waals surface area contributed by atoms with Crippen LogP contribution in [0.15, 0.2) is 54.6 Å². The van der Waals surface area contributed by atoms with Crippen molar-refractivity contribution in [2.24, 2.45) is 0 Å². The van der Waals surface area contributed by atoms with Crippen LogP contribution in [0.25, 0.3) is 0 Å². The fraction of sp³-hybridized carbons (Fsp3) is 0.167. The summed E-state index contributed by atoms with van der Waals surface area (Å²) in [6.07, 6.45) is 4.06. The summed E-state index contributed by atoms with van der Waals surface area (Å²) in [5, 5.41) is 0. The molecule has 13 heavy (non-hydrogen) atoms. The Hall–Kier alpha value is -1.34. The molecule has 0 N–H and O–H groups in total. The summed E-state index contributed by atoms with van der Waals surface area (Å²) >= 11 is 0. The molecule has 2 rings (SSSR count). The number of ether oxygens (including phenoxy) is 1. The minimum absolute atomic E-state index is 0.0474. The Balaban J connectivity index is 2.27. The molecular weight excluding hydrogens is 160 g/mol. The third kappa shape index (κ3) is 1.70. The fourth-order valence-corrected chi connectivity index (χ4v) is 1.48. The van der Waals surface area contributed by atoms with Crippen LogP contribution in [-0.2, 0) is 4.74 Å². The van der Waals surface area contributed by atoms with E-state index in [1.165, 1.54) is 5.56 Å². The number of hydrogen-bond acceptors (Lipinski definition) is 1. The first-order chi connectivity index (χ1) is 6.38. The van der Waals surface area contributed by atoms with Gasteiger partial charge in [0.15, 0.2) is 0 Å². The lowest BCUT2D eigenvalue weighted by molar-refractivity contribution is 0.0977. The van der Waals surface area contributed by atoms with E-state index in [2.05, 4.69) is 18.7 Å². The molecule has 1 aliphatic rings. The van der Waals surface area contributed by atoms with E-state index < -0.39 is 0 Å². The second-order valence-corrected chi connectivity index (χ2v) is 3.10.